The van der Waals surface area contributed by atoms with Crippen LogP contribution >= 0.6 is 11.8 Å². The molecule has 0 aromatic rings. The zero-order chi connectivity index (χ0) is 13.1. The van der Waals surface area contributed by atoms with Gasteiger partial charge in [0.05, 0.1) is 11.1 Å². The Balaban J connectivity index is 2.43. The molecule has 1 aliphatic rings. The molecule has 0 saturated carbocycles. The molecular formula is C13H25NO2S. The number of aliphatic hydroxyl groups is 1. The third-order valence-electron chi connectivity index (χ3n) is 3.80. The average Bonchev–Trinajstić information content (AvgIpc) is 2.16. The average molecular weight is 259 g/mol. The third-order valence-corrected chi connectivity index (χ3v) is 4.85. The molecule has 1 rings (SSSR count). The first-order valence-corrected chi connectivity index (χ1v) is 7.49. The smallest absolute Gasteiger partial charge is 0.220 e. The Labute approximate surface area is 109 Å². The molecule has 1 saturated heterocycles. The first-order chi connectivity index (χ1) is 7.72. The summed E-state index contributed by atoms with van der Waals surface area (Å²) in [6.45, 7) is 7.18. The quantitative estimate of drug-likeness (QED) is 0.813. The van der Waals surface area contributed by atoms with Gasteiger partial charge in [-0.2, -0.15) is 11.8 Å². The molecule has 1 fully saturated rings. The molecule has 100 valence electrons. The SMILES string of the molecule is CC(C)(O)C(C)(C)NC(=O)CC1CCSCC1. The summed E-state index contributed by atoms with van der Waals surface area (Å²) in [6, 6.07) is 0. The maximum Gasteiger partial charge on any atom is 0.220 e. The Morgan fingerprint density at radius 1 is 1.29 bits per heavy atom. The molecule has 0 atom stereocenters. The Morgan fingerprint density at radius 2 is 1.82 bits per heavy atom. The van der Waals surface area contributed by atoms with Crippen LogP contribution in [0.4, 0.5) is 0 Å². The number of amides is 1. The zero-order valence-electron chi connectivity index (χ0n) is 11.4. The fraction of sp³-hybridized carbons (Fsp3) is 0.923. The molecule has 0 bridgehead atoms. The van der Waals surface area contributed by atoms with E-state index in [1.807, 2.05) is 25.6 Å². The summed E-state index contributed by atoms with van der Waals surface area (Å²) < 4.78 is 0. The van der Waals surface area contributed by atoms with Gasteiger partial charge in [0.1, 0.15) is 0 Å². The van der Waals surface area contributed by atoms with E-state index in [4.69, 9.17) is 0 Å². The molecular weight excluding hydrogens is 234 g/mol. The lowest BCUT2D eigenvalue weighted by atomic mass is 9.85. The lowest BCUT2D eigenvalue weighted by Gasteiger charge is -2.38. The summed E-state index contributed by atoms with van der Waals surface area (Å²) in [5.41, 5.74) is -1.50. The molecule has 0 aromatic heterocycles. The second kappa shape index (κ2) is 5.61. The number of carbonyl (C=O) groups excluding carboxylic acids is 1. The van der Waals surface area contributed by atoms with E-state index >= 15 is 0 Å². The zero-order valence-corrected chi connectivity index (χ0v) is 12.2. The topological polar surface area (TPSA) is 49.3 Å². The van der Waals surface area contributed by atoms with Crippen molar-refractivity contribution in [2.75, 3.05) is 11.5 Å². The monoisotopic (exact) mass is 259 g/mol. The molecule has 2 N–H and O–H groups in total. The predicted octanol–water partition coefficient (Wildman–Crippen LogP) is 2.19. The van der Waals surface area contributed by atoms with Gasteiger partial charge in [0.25, 0.3) is 0 Å². The van der Waals surface area contributed by atoms with E-state index in [-0.39, 0.29) is 5.91 Å². The number of carbonyl (C=O) groups is 1. The number of nitrogens with one attached hydrogen (secondary N) is 1. The minimum Gasteiger partial charge on any atom is -0.388 e. The maximum absolute atomic E-state index is 11.9. The van der Waals surface area contributed by atoms with Crippen LogP contribution in [0.3, 0.4) is 0 Å². The van der Waals surface area contributed by atoms with Gasteiger partial charge >= 0.3 is 0 Å². The van der Waals surface area contributed by atoms with E-state index in [0.717, 1.165) is 12.8 Å². The van der Waals surface area contributed by atoms with Crippen molar-refractivity contribution in [3.05, 3.63) is 0 Å². The number of hydrogen-bond donors (Lipinski definition) is 2. The predicted molar refractivity (Wildman–Crippen MR) is 73.2 cm³/mol. The van der Waals surface area contributed by atoms with Crippen LogP contribution in [-0.4, -0.2) is 33.7 Å². The maximum atomic E-state index is 11.9. The van der Waals surface area contributed by atoms with Gasteiger partial charge in [-0.1, -0.05) is 0 Å². The van der Waals surface area contributed by atoms with Crippen molar-refractivity contribution < 1.29 is 9.90 Å². The molecule has 17 heavy (non-hydrogen) atoms. The van der Waals surface area contributed by atoms with E-state index < -0.39 is 11.1 Å². The molecule has 0 radical (unpaired) electrons. The van der Waals surface area contributed by atoms with E-state index in [0.29, 0.717) is 12.3 Å². The first kappa shape index (κ1) is 14.8. The van der Waals surface area contributed by atoms with Crippen LogP contribution in [0.1, 0.15) is 47.0 Å². The fourth-order valence-electron chi connectivity index (χ4n) is 1.77. The molecule has 3 nitrogen and oxygen atoms in total. The second-order valence-electron chi connectivity index (χ2n) is 5.99. The van der Waals surface area contributed by atoms with Crippen molar-refractivity contribution in [2.45, 2.75) is 58.1 Å². The Hall–Kier alpha value is -0.220. The molecule has 1 amide bonds. The van der Waals surface area contributed by atoms with Crippen LogP contribution in [0.5, 0.6) is 0 Å². The van der Waals surface area contributed by atoms with Crippen LogP contribution < -0.4 is 5.32 Å². The normalized spacial score (nSPS) is 19.1. The van der Waals surface area contributed by atoms with Crippen molar-refractivity contribution in [3.63, 3.8) is 0 Å². The number of hydrogen-bond acceptors (Lipinski definition) is 3. The largest absolute Gasteiger partial charge is 0.388 e. The van der Waals surface area contributed by atoms with Crippen LogP contribution in [-0.2, 0) is 4.79 Å². The molecule has 1 aliphatic heterocycles. The standard InChI is InChI=1S/C13H25NO2S/c1-12(2,13(3,4)16)14-11(15)9-10-5-7-17-8-6-10/h10,16H,5-9H2,1-4H3,(H,14,15). The van der Waals surface area contributed by atoms with E-state index in [1.165, 1.54) is 11.5 Å². The summed E-state index contributed by atoms with van der Waals surface area (Å²) in [5.74, 6) is 2.93. The van der Waals surface area contributed by atoms with Gasteiger partial charge in [0.2, 0.25) is 5.91 Å². The number of thioether (sulfide) groups is 1. The highest BCUT2D eigenvalue weighted by molar-refractivity contribution is 7.99. The van der Waals surface area contributed by atoms with Gasteiger partial charge in [-0.05, 0) is 58.0 Å². The van der Waals surface area contributed by atoms with Crippen molar-refractivity contribution in [1.29, 1.82) is 0 Å². The van der Waals surface area contributed by atoms with Gasteiger partial charge in [-0.3, -0.25) is 4.79 Å². The molecule has 0 aromatic carbocycles. The van der Waals surface area contributed by atoms with Crippen molar-refractivity contribution in [3.8, 4) is 0 Å². The van der Waals surface area contributed by atoms with E-state index in [1.54, 1.807) is 13.8 Å². The van der Waals surface area contributed by atoms with E-state index in [9.17, 15) is 9.90 Å². The van der Waals surface area contributed by atoms with Crippen LogP contribution in [0.2, 0.25) is 0 Å². The Kier molecular flexibility index (Phi) is 4.90. The summed E-state index contributed by atoms with van der Waals surface area (Å²) in [7, 11) is 0. The highest BCUT2D eigenvalue weighted by atomic mass is 32.2. The Bertz CT molecular complexity index is 265. The Morgan fingerprint density at radius 3 is 2.29 bits per heavy atom. The molecule has 0 aliphatic carbocycles. The highest BCUT2D eigenvalue weighted by Gasteiger charge is 2.36. The molecule has 0 unspecified atom stereocenters. The highest BCUT2D eigenvalue weighted by Crippen LogP contribution is 2.26. The summed E-state index contributed by atoms with van der Waals surface area (Å²) in [5, 5.41) is 12.9. The third kappa shape index (κ3) is 4.51. The van der Waals surface area contributed by atoms with Gasteiger partial charge < -0.3 is 10.4 Å². The summed E-state index contributed by atoms with van der Waals surface area (Å²) >= 11 is 1.97. The first-order valence-electron chi connectivity index (χ1n) is 6.33. The lowest BCUT2D eigenvalue weighted by Crippen LogP contribution is -2.57. The van der Waals surface area contributed by atoms with Gasteiger partial charge in [0, 0.05) is 6.42 Å². The minimum atomic E-state index is -0.912. The summed E-state index contributed by atoms with van der Waals surface area (Å²) in [6.07, 6.45) is 2.88. The molecule has 1 heterocycles. The molecule has 4 heteroatoms. The van der Waals surface area contributed by atoms with E-state index in [2.05, 4.69) is 5.32 Å². The minimum absolute atomic E-state index is 0.0639. The van der Waals surface area contributed by atoms with Crippen LogP contribution in [0.15, 0.2) is 0 Å². The van der Waals surface area contributed by atoms with Crippen LogP contribution in [0.25, 0.3) is 0 Å². The van der Waals surface area contributed by atoms with Crippen molar-refractivity contribution in [2.24, 2.45) is 5.92 Å². The lowest BCUT2D eigenvalue weighted by molar-refractivity contribution is -0.127. The van der Waals surface area contributed by atoms with Crippen molar-refractivity contribution in [1.82, 2.24) is 5.32 Å². The second-order valence-corrected chi connectivity index (χ2v) is 7.22. The van der Waals surface area contributed by atoms with Gasteiger partial charge in [0.15, 0.2) is 0 Å². The number of rotatable bonds is 4. The van der Waals surface area contributed by atoms with Gasteiger partial charge in [-0.15, -0.1) is 0 Å². The van der Waals surface area contributed by atoms with Gasteiger partial charge in [-0.25, -0.2) is 0 Å². The molecule has 0 spiro atoms. The van der Waals surface area contributed by atoms with Crippen LogP contribution in [0, 0.1) is 5.92 Å². The fourth-order valence-corrected chi connectivity index (χ4v) is 2.97. The summed E-state index contributed by atoms with van der Waals surface area (Å²) in [4.78, 5) is 11.9. The van der Waals surface area contributed by atoms with Crippen molar-refractivity contribution >= 4 is 17.7 Å².